The zero-order valence-electron chi connectivity index (χ0n) is 12.4. The fraction of sp³-hybridized carbons (Fsp3) is 0.750. The van der Waals surface area contributed by atoms with Gasteiger partial charge in [-0.1, -0.05) is 18.6 Å². The van der Waals surface area contributed by atoms with Crippen LogP contribution in [0.25, 0.3) is 0 Å². The number of allylic oxidation sites excluding steroid dienone is 1. The highest BCUT2D eigenvalue weighted by atomic mass is 19.1. The van der Waals surface area contributed by atoms with Crippen LogP contribution in [0.4, 0.5) is 4.39 Å². The molecule has 104 valence electrons. The van der Waals surface area contributed by atoms with Crippen molar-refractivity contribution in [2.24, 2.45) is 0 Å². The average molecular weight is 253 g/mol. The highest BCUT2D eigenvalue weighted by Crippen LogP contribution is 2.31. The lowest BCUT2D eigenvalue weighted by molar-refractivity contribution is -0.00151. The lowest BCUT2D eigenvalue weighted by Gasteiger charge is -2.40. The Kier molecular flexibility index (Phi) is 5.58. The summed E-state index contributed by atoms with van der Waals surface area (Å²) in [4.78, 5) is 1.89. The Morgan fingerprint density at radius 3 is 2.00 bits per heavy atom. The number of halogens is 1. The third kappa shape index (κ3) is 3.68. The van der Waals surface area contributed by atoms with Crippen molar-refractivity contribution >= 4 is 0 Å². The highest BCUT2D eigenvalue weighted by molar-refractivity contribution is 5.19. The Balaban J connectivity index is 2.98. The van der Waals surface area contributed by atoms with Crippen molar-refractivity contribution in [2.75, 3.05) is 0 Å². The molecule has 1 atom stereocenters. The van der Waals surface area contributed by atoms with E-state index in [1.807, 2.05) is 38.7 Å². The van der Waals surface area contributed by atoms with Crippen LogP contribution >= 0.6 is 0 Å². The molecular formula is C16H28FN. The summed E-state index contributed by atoms with van der Waals surface area (Å²) in [5.74, 6) is -1.50. The van der Waals surface area contributed by atoms with E-state index in [9.17, 15) is 0 Å². The van der Waals surface area contributed by atoms with Crippen molar-refractivity contribution in [3.05, 3.63) is 24.3 Å². The van der Waals surface area contributed by atoms with E-state index in [0.717, 1.165) is 12.8 Å². The van der Waals surface area contributed by atoms with Crippen molar-refractivity contribution in [1.82, 2.24) is 4.90 Å². The van der Waals surface area contributed by atoms with E-state index in [-0.39, 0.29) is 12.1 Å². The molecule has 1 rings (SSSR count). The van der Waals surface area contributed by atoms with Crippen LogP contribution in [-0.2, 0) is 0 Å². The highest BCUT2D eigenvalue weighted by Gasteiger charge is 2.35. The maximum absolute atomic E-state index is 15.2. The molecule has 0 spiro atoms. The smallest absolute Gasteiger partial charge is 0.202 e. The predicted molar refractivity (Wildman–Crippen MR) is 77.3 cm³/mol. The summed E-state index contributed by atoms with van der Waals surface area (Å²) < 4.78 is 15.2. The average Bonchev–Trinajstić information content (AvgIpc) is 2.29. The van der Waals surface area contributed by atoms with Gasteiger partial charge < -0.3 is 0 Å². The summed E-state index contributed by atoms with van der Waals surface area (Å²) in [7, 11) is 0. The van der Waals surface area contributed by atoms with Crippen LogP contribution in [-0.4, -0.2) is 22.8 Å². The van der Waals surface area contributed by atoms with Gasteiger partial charge in [-0.15, -0.1) is 0 Å². The lowest BCUT2D eigenvalue weighted by atomic mass is 9.92. The largest absolute Gasteiger partial charge is 0.260 e. The van der Waals surface area contributed by atoms with Gasteiger partial charge in [0.25, 0.3) is 0 Å². The summed E-state index contributed by atoms with van der Waals surface area (Å²) in [6, 6.07) is 0.321. The molecule has 1 aliphatic carbocycles. The molecule has 0 aliphatic heterocycles. The Morgan fingerprint density at radius 1 is 1.11 bits per heavy atom. The summed E-state index contributed by atoms with van der Waals surface area (Å²) in [6.07, 6.45) is 9.04. The van der Waals surface area contributed by atoms with Gasteiger partial charge in [-0.05, 0) is 65.5 Å². The number of alkyl halides is 1. The summed E-state index contributed by atoms with van der Waals surface area (Å²) >= 11 is 0. The van der Waals surface area contributed by atoms with E-state index in [1.165, 1.54) is 30.9 Å². The molecule has 1 saturated carbocycles. The zero-order valence-corrected chi connectivity index (χ0v) is 12.4. The van der Waals surface area contributed by atoms with Gasteiger partial charge in [-0.2, -0.15) is 0 Å². The number of hydrogen-bond donors (Lipinski definition) is 0. The van der Waals surface area contributed by atoms with Crippen molar-refractivity contribution in [2.45, 2.75) is 77.7 Å². The molecule has 0 N–H and O–H groups in total. The molecular weight excluding hydrogens is 225 g/mol. The van der Waals surface area contributed by atoms with Crippen LogP contribution in [0.3, 0.4) is 0 Å². The van der Waals surface area contributed by atoms with Crippen LogP contribution in [0.15, 0.2) is 24.3 Å². The van der Waals surface area contributed by atoms with Crippen molar-refractivity contribution in [1.29, 1.82) is 0 Å². The summed E-state index contributed by atoms with van der Waals surface area (Å²) in [6.45, 7) is 11.9. The second kappa shape index (κ2) is 6.51. The molecule has 0 bridgehead atoms. The Bertz CT molecular complexity index is 290. The first-order valence-corrected chi connectivity index (χ1v) is 7.22. The van der Waals surface area contributed by atoms with E-state index < -0.39 is 5.79 Å². The second-order valence-corrected chi connectivity index (χ2v) is 5.89. The maximum Gasteiger partial charge on any atom is 0.202 e. The van der Waals surface area contributed by atoms with Crippen LogP contribution in [0.1, 0.15) is 59.8 Å². The first-order valence-electron chi connectivity index (χ1n) is 7.22. The van der Waals surface area contributed by atoms with Crippen LogP contribution in [0, 0.1) is 0 Å². The predicted octanol–water partition coefficient (Wildman–Crippen LogP) is 4.85. The van der Waals surface area contributed by atoms with Gasteiger partial charge in [0, 0.05) is 12.1 Å². The zero-order chi connectivity index (χ0) is 13.8. The number of nitrogens with zero attached hydrogens (tertiary/aromatic N) is 1. The minimum atomic E-state index is -1.50. The monoisotopic (exact) mass is 253 g/mol. The Labute approximate surface area is 112 Å². The minimum absolute atomic E-state index is 0.161. The second-order valence-electron chi connectivity index (χ2n) is 5.89. The molecule has 2 heteroatoms. The molecule has 1 unspecified atom stereocenters. The maximum atomic E-state index is 15.2. The third-order valence-corrected chi connectivity index (χ3v) is 3.70. The van der Waals surface area contributed by atoms with E-state index in [1.54, 1.807) is 0 Å². The number of hydrogen-bond acceptors (Lipinski definition) is 1. The molecule has 0 aromatic carbocycles. The van der Waals surface area contributed by atoms with Crippen LogP contribution in [0.2, 0.25) is 0 Å². The van der Waals surface area contributed by atoms with Gasteiger partial charge in [-0.3, -0.25) is 4.90 Å². The quantitative estimate of drug-likeness (QED) is 0.500. The van der Waals surface area contributed by atoms with Crippen LogP contribution in [0.5, 0.6) is 0 Å². The number of rotatable bonds is 5. The van der Waals surface area contributed by atoms with Gasteiger partial charge in [0.05, 0.1) is 0 Å². The van der Waals surface area contributed by atoms with E-state index >= 15 is 4.39 Å². The van der Waals surface area contributed by atoms with E-state index in [2.05, 4.69) is 6.58 Å². The molecule has 18 heavy (non-hydrogen) atoms. The molecule has 1 nitrogen and oxygen atoms in total. The van der Waals surface area contributed by atoms with Gasteiger partial charge in [-0.25, -0.2) is 4.39 Å². The third-order valence-electron chi connectivity index (χ3n) is 3.70. The normalized spacial score (nSPS) is 20.3. The standard InChI is InChI=1S/C16H28FN/c1-6-16(17,18(13(2)3)14(4)5)12-15-10-8-7-9-11-15/h6,12-14H,1,7-11H2,2-5H3. The summed E-state index contributed by atoms with van der Waals surface area (Å²) in [5.41, 5.74) is 1.26. The molecule has 0 radical (unpaired) electrons. The van der Waals surface area contributed by atoms with Gasteiger partial charge in [0.15, 0.2) is 0 Å². The molecule has 0 heterocycles. The van der Waals surface area contributed by atoms with Crippen molar-refractivity contribution < 1.29 is 4.39 Å². The van der Waals surface area contributed by atoms with Crippen LogP contribution < -0.4 is 0 Å². The van der Waals surface area contributed by atoms with Crippen molar-refractivity contribution in [3.63, 3.8) is 0 Å². The topological polar surface area (TPSA) is 3.24 Å². The first kappa shape index (κ1) is 15.4. The Morgan fingerprint density at radius 2 is 1.61 bits per heavy atom. The van der Waals surface area contributed by atoms with Crippen molar-refractivity contribution in [3.8, 4) is 0 Å². The molecule has 0 amide bonds. The van der Waals surface area contributed by atoms with Gasteiger partial charge in [0.2, 0.25) is 5.79 Å². The molecule has 0 aromatic heterocycles. The summed E-state index contributed by atoms with van der Waals surface area (Å²) in [5, 5.41) is 0. The van der Waals surface area contributed by atoms with E-state index in [0.29, 0.717) is 0 Å². The lowest BCUT2D eigenvalue weighted by Crippen LogP contribution is -2.50. The van der Waals surface area contributed by atoms with Gasteiger partial charge >= 0.3 is 0 Å². The Hall–Kier alpha value is -0.630. The first-order chi connectivity index (χ1) is 8.40. The molecule has 0 aromatic rings. The minimum Gasteiger partial charge on any atom is -0.260 e. The molecule has 1 fully saturated rings. The molecule has 0 saturated heterocycles. The molecule has 1 aliphatic rings. The fourth-order valence-corrected chi connectivity index (χ4v) is 3.06. The SMILES string of the molecule is C=CC(F)(C=C1CCCCC1)N(C(C)C)C(C)C. The van der Waals surface area contributed by atoms with E-state index in [4.69, 9.17) is 0 Å². The fourth-order valence-electron chi connectivity index (χ4n) is 3.06. The van der Waals surface area contributed by atoms with Gasteiger partial charge in [0.1, 0.15) is 0 Å².